The SMILES string of the molecule is C=CCC=CCN(CC=O)S(=O)(=O)OC(N)=O. The molecule has 0 atom stereocenters. The Morgan fingerprint density at radius 1 is 1.35 bits per heavy atom. The number of allylic oxidation sites excluding steroid dienone is 2. The predicted molar refractivity (Wildman–Crippen MR) is 61.2 cm³/mol. The van der Waals surface area contributed by atoms with Crippen molar-refractivity contribution in [2.45, 2.75) is 6.42 Å². The Morgan fingerprint density at radius 3 is 2.47 bits per heavy atom. The van der Waals surface area contributed by atoms with Crippen molar-refractivity contribution in [2.75, 3.05) is 13.1 Å². The van der Waals surface area contributed by atoms with E-state index in [4.69, 9.17) is 0 Å². The number of amides is 1. The van der Waals surface area contributed by atoms with Crippen molar-refractivity contribution in [1.29, 1.82) is 0 Å². The Kier molecular flexibility index (Phi) is 6.83. The quantitative estimate of drug-likeness (QED) is 0.488. The number of carbonyl (C=O) groups excluding carboxylic acids is 2. The molecule has 0 aromatic heterocycles. The fourth-order valence-electron chi connectivity index (χ4n) is 0.881. The second kappa shape index (κ2) is 7.58. The van der Waals surface area contributed by atoms with Crippen molar-refractivity contribution in [1.82, 2.24) is 4.31 Å². The molecule has 96 valence electrons. The van der Waals surface area contributed by atoms with Crippen molar-refractivity contribution in [3.05, 3.63) is 24.8 Å². The van der Waals surface area contributed by atoms with Gasteiger partial charge in [-0.05, 0) is 6.42 Å². The molecular formula is C9H14N2O5S. The van der Waals surface area contributed by atoms with Gasteiger partial charge >= 0.3 is 16.4 Å². The highest BCUT2D eigenvalue weighted by atomic mass is 32.2. The minimum Gasteiger partial charge on any atom is -0.334 e. The van der Waals surface area contributed by atoms with Crippen LogP contribution in [0.4, 0.5) is 4.79 Å². The van der Waals surface area contributed by atoms with E-state index in [1.54, 1.807) is 12.2 Å². The van der Waals surface area contributed by atoms with Crippen LogP contribution in [0.5, 0.6) is 0 Å². The van der Waals surface area contributed by atoms with Gasteiger partial charge in [0.2, 0.25) is 0 Å². The van der Waals surface area contributed by atoms with Gasteiger partial charge in [0.15, 0.2) is 0 Å². The molecule has 17 heavy (non-hydrogen) atoms. The zero-order valence-electron chi connectivity index (χ0n) is 9.11. The molecule has 0 aliphatic rings. The summed E-state index contributed by atoms with van der Waals surface area (Å²) in [6.07, 6.45) is 4.28. The van der Waals surface area contributed by atoms with Crippen molar-refractivity contribution in [2.24, 2.45) is 5.73 Å². The van der Waals surface area contributed by atoms with E-state index in [0.717, 1.165) is 0 Å². The van der Waals surface area contributed by atoms with E-state index in [-0.39, 0.29) is 6.54 Å². The number of hydrogen-bond acceptors (Lipinski definition) is 5. The summed E-state index contributed by atoms with van der Waals surface area (Å²) >= 11 is 0. The summed E-state index contributed by atoms with van der Waals surface area (Å²) in [5.41, 5.74) is 4.60. The molecule has 0 heterocycles. The summed E-state index contributed by atoms with van der Waals surface area (Å²) in [4.78, 5) is 20.7. The average molecular weight is 262 g/mol. The Morgan fingerprint density at radius 2 is 2.00 bits per heavy atom. The molecule has 8 heteroatoms. The predicted octanol–water partition coefficient (Wildman–Crippen LogP) is -0.0403. The second-order valence-electron chi connectivity index (χ2n) is 2.84. The average Bonchev–Trinajstić information content (AvgIpc) is 2.20. The van der Waals surface area contributed by atoms with E-state index in [2.05, 4.69) is 16.5 Å². The highest BCUT2D eigenvalue weighted by Gasteiger charge is 2.24. The minimum atomic E-state index is -4.32. The molecule has 0 radical (unpaired) electrons. The molecule has 0 aliphatic heterocycles. The molecule has 7 nitrogen and oxygen atoms in total. The Labute approximate surface area is 99.8 Å². The van der Waals surface area contributed by atoms with Crippen LogP contribution >= 0.6 is 0 Å². The smallest absolute Gasteiger partial charge is 0.334 e. The number of primary amides is 1. The van der Waals surface area contributed by atoms with Crippen LogP contribution in [0.1, 0.15) is 6.42 Å². The highest BCUT2D eigenvalue weighted by molar-refractivity contribution is 7.84. The molecule has 0 fully saturated rings. The van der Waals surface area contributed by atoms with Gasteiger partial charge in [0, 0.05) is 6.54 Å². The summed E-state index contributed by atoms with van der Waals surface area (Å²) in [6.45, 7) is 2.96. The molecule has 0 aliphatic carbocycles. The summed E-state index contributed by atoms with van der Waals surface area (Å²) in [5, 5.41) is 0. The van der Waals surface area contributed by atoms with Crippen molar-refractivity contribution in [3.63, 3.8) is 0 Å². The van der Waals surface area contributed by atoms with Crippen LogP contribution < -0.4 is 5.73 Å². The first kappa shape index (κ1) is 15.3. The van der Waals surface area contributed by atoms with Gasteiger partial charge in [-0.3, -0.25) is 0 Å². The molecule has 2 N–H and O–H groups in total. The third-order valence-electron chi connectivity index (χ3n) is 1.56. The summed E-state index contributed by atoms with van der Waals surface area (Å²) in [7, 11) is -4.32. The molecule has 0 rings (SSSR count). The van der Waals surface area contributed by atoms with Crippen LogP contribution in [0.2, 0.25) is 0 Å². The molecule has 1 amide bonds. The lowest BCUT2D eigenvalue weighted by molar-refractivity contribution is -0.108. The largest absolute Gasteiger partial charge is 0.421 e. The van der Waals surface area contributed by atoms with Gasteiger partial charge in [-0.25, -0.2) is 4.79 Å². The summed E-state index contributed by atoms with van der Waals surface area (Å²) < 4.78 is 27.4. The fourth-order valence-corrected chi connectivity index (χ4v) is 1.71. The zero-order valence-corrected chi connectivity index (χ0v) is 9.93. The Bertz CT molecular complexity index is 402. The van der Waals surface area contributed by atoms with E-state index < -0.39 is 22.9 Å². The third kappa shape index (κ3) is 6.48. The van der Waals surface area contributed by atoms with E-state index in [0.29, 0.717) is 17.0 Å². The molecule has 0 unspecified atom stereocenters. The molecule has 0 spiro atoms. The van der Waals surface area contributed by atoms with Gasteiger partial charge in [-0.2, -0.15) is 12.7 Å². The second-order valence-corrected chi connectivity index (χ2v) is 4.38. The first-order valence-corrected chi connectivity index (χ1v) is 5.99. The van der Waals surface area contributed by atoms with Gasteiger partial charge < -0.3 is 14.7 Å². The molecule has 0 saturated heterocycles. The first-order chi connectivity index (χ1) is 7.94. The topological polar surface area (TPSA) is 107 Å². The van der Waals surface area contributed by atoms with Gasteiger partial charge in [0.05, 0.1) is 6.54 Å². The van der Waals surface area contributed by atoms with Crippen LogP contribution in [0.15, 0.2) is 24.8 Å². The van der Waals surface area contributed by atoms with Crippen LogP contribution in [-0.4, -0.2) is 38.2 Å². The monoisotopic (exact) mass is 262 g/mol. The molecule has 0 saturated carbocycles. The normalized spacial score (nSPS) is 11.6. The fraction of sp³-hybridized carbons (Fsp3) is 0.333. The van der Waals surface area contributed by atoms with Crippen LogP contribution in [0.25, 0.3) is 0 Å². The molecule has 0 aromatic rings. The van der Waals surface area contributed by atoms with Crippen LogP contribution in [0, 0.1) is 0 Å². The third-order valence-corrected chi connectivity index (χ3v) is 2.87. The Hall–Kier alpha value is -1.67. The highest BCUT2D eigenvalue weighted by Crippen LogP contribution is 2.02. The van der Waals surface area contributed by atoms with Crippen molar-refractivity contribution < 1.29 is 22.2 Å². The zero-order chi connectivity index (χ0) is 13.3. The lowest BCUT2D eigenvalue weighted by atomic mass is 10.4. The minimum absolute atomic E-state index is 0.0950. The number of rotatable bonds is 8. The maximum Gasteiger partial charge on any atom is 0.421 e. The van der Waals surface area contributed by atoms with E-state index in [1.807, 2.05) is 0 Å². The number of nitrogens with two attached hydrogens (primary N) is 1. The van der Waals surface area contributed by atoms with Crippen molar-refractivity contribution >= 4 is 22.7 Å². The summed E-state index contributed by atoms with van der Waals surface area (Å²) in [5.74, 6) is 0. The van der Waals surface area contributed by atoms with Gasteiger partial charge in [0.1, 0.15) is 6.29 Å². The maximum atomic E-state index is 11.4. The van der Waals surface area contributed by atoms with Crippen molar-refractivity contribution in [3.8, 4) is 0 Å². The Balaban J connectivity index is 4.65. The summed E-state index contributed by atoms with van der Waals surface area (Å²) in [6, 6.07) is 0. The van der Waals surface area contributed by atoms with E-state index in [1.165, 1.54) is 6.08 Å². The standard InChI is InChI=1S/C9H14N2O5S/c1-2-3-4-5-6-11(7-8-12)17(14,15)16-9(10)13/h2,4-5,8H,1,3,6-7H2,(H2,10,13). The molecule has 0 bridgehead atoms. The van der Waals surface area contributed by atoms with Gasteiger partial charge in [0.25, 0.3) is 0 Å². The van der Waals surface area contributed by atoms with Gasteiger partial charge in [-0.1, -0.05) is 18.2 Å². The first-order valence-electron chi connectivity index (χ1n) is 4.62. The number of aldehydes is 1. The van der Waals surface area contributed by atoms with E-state index in [9.17, 15) is 18.0 Å². The lowest BCUT2D eigenvalue weighted by Gasteiger charge is -2.15. The van der Waals surface area contributed by atoms with Crippen LogP contribution in [0.3, 0.4) is 0 Å². The number of nitrogens with zero attached hydrogens (tertiary/aromatic N) is 1. The van der Waals surface area contributed by atoms with E-state index >= 15 is 0 Å². The molecular weight excluding hydrogens is 248 g/mol. The number of hydrogen-bond donors (Lipinski definition) is 1. The van der Waals surface area contributed by atoms with Crippen LogP contribution in [-0.2, 0) is 19.3 Å². The maximum absolute atomic E-state index is 11.4. The number of carbonyl (C=O) groups is 2. The van der Waals surface area contributed by atoms with Gasteiger partial charge in [-0.15, -0.1) is 6.58 Å². The molecule has 0 aromatic carbocycles. The lowest BCUT2D eigenvalue weighted by Crippen LogP contribution is -2.36.